The first-order valence-electron chi connectivity index (χ1n) is 9.51. The lowest BCUT2D eigenvalue weighted by atomic mass is 10.1. The van der Waals surface area contributed by atoms with Crippen LogP contribution in [0.15, 0.2) is 24.3 Å². The molecule has 1 aromatic rings. The maximum Gasteiger partial charge on any atom is 0.229 e. The molecular formula is C20H27N3O3. The molecule has 3 amide bonds. The Morgan fingerprint density at radius 2 is 1.69 bits per heavy atom. The predicted molar refractivity (Wildman–Crippen MR) is 101 cm³/mol. The van der Waals surface area contributed by atoms with E-state index in [1.807, 2.05) is 4.90 Å². The van der Waals surface area contributed by atoms with Gasteiger partial charge in [0.2, 0.25) is 17.7 Å². The van der Waals surface area contributed by atoms with Gasteiger partial charge in [-0.05, 0) is 31.0 Å². The molecule has 140 valence electrons. The van der Waals surface area contributed by atoms with E-state index in [4.69, 9.17) is 0 Å². The van der Waals surface area contributed by atoms with Crippen molar-refractivity contribution in [2.24, 2.45) is 5.92 Å². The number of carbonyl (C=O) groups excluding carboxylic acids is 3. The summed E-state index contributed by atoms with van der Waals surface area (Å²) in [7, 11) is 0. The second-order valence-electron chi connectivity index (χ2n) is 7.34. The van der Waals surface area contributed by atoms with E-state index in [0.717, 1.165) is 12.8 Å². The fourth-order valence-electron chi connectivity index (χ4n) is 3.95. The summed E-state index contributed by atoms with van der Waals surface area (Å²) in [6.07, 6.45) is 7.22. The third-order valence-corrected chi connectivity index (χ3v) is 5.25. The molecule has 1 aromatic carbocycles. The summed E-state index contributed by atoms with van der Waals surface area (Å²) in [6, 6.07) is 7.34. The number of amides is 3. The molecule has 1 saturated carbocycles. The SMILES string of the molecule is CC(=O)Nc1cccc(NC(=O)C2CC(=O)N(C3CCCCCC3)C2)c1. The van der Waals surface area contributed by atoms with Crippen molar-refractivity contribution in [2.75, 3.05) is 17.2 Å². The molecule has 2 fully saturated rings. The summed E-state index contributed by atoms with van der Waals surface area (Å²) < 4.78 is 0. The fourth-order valence-corrected chi connectivity index (χ4v) is 3.95. The van der Waals surface area contributed by atoms with Crippen LogP contribution in [0.2, 0.25) is 0 Å². The zero-order valence-corrected chi connectivity index (χ0v) is 15.3. The Morgan fingerprint density at radius 3 is 2.35 bits per heavy atom. The van der Waals surface area contributed by atoms with E-state index in [-0.39, 0.29) is 30.1 Å². The van der Waals surface area contributed by atoms with Gasteiger partial charge in [0.05, 0.1) is 5.92 Å². The lowest BCUT2D eigenvalue weighted by molar-refractivity contribution is -0.130. The van der Waals surface area contributed by atoms with Gasteiger partial charge in [-0.1, -0.05) is 31.7 Å². The quantitative estimate of drug-likeness (QED) is 0.813. The first-order valence-corrected chi connectivity index (χ1v) is 9.51. The van der Waals surface area contributed by atoms with E-state index in [2.05, 4.69) is 10.6 Å². The summed E-state index contributed by atoms with van der Waals surface area (Å²) in [5.41, 5.74) is 1.26. The number of anilines is 2. The van der Waals surface area contributed by atoms with Gasteiger partial charge >= 0.3 is 0 Å². The molecular weight excluding hydrogens is 330 g/mol. The van der Waals surface area contributed by atoms with Crippen LogP contribution in [0.4, 0.5) is 11.4 Å². The highest BCUT2D eigenvalue weighted by Crippen LogP contribution is 2.29. The lowest BCUT2D eigenvalue weighted by Crippen LogP contribution is -2.37. The molecule has 1 atom stereocenters. The Bertz CT molecular complexity index is 681. The standard InChI is InChI=1S/C20H27N3O3/c1-14(24)21-16-7-6-8-17(12-16)22-20(26)15-11-19(25)23(13-15)18-9-4-2-3-5-10-18/h6-8,12,15,18H,2-5,9-11,13H2,1H3,(H,21,24)(H,22,26). The van der Waals surface area contributed by atoms with Gasteiger partial charge in [0.25, 0.3) is 0 Å². The molecule has 0 radical (unpaired) electrons. The number of benzene rings is 1. The van der Waals surface area contributed by atoms with Crippen LogP contribution in [0.5, 0.6) is 0 Å². The summed E-state index contributed by atoms with van der Waals surface area (Å²) >= 11 is 0. The van der Waals surface area contributed by atoms with Crippen LogP contribution in [0.25, 0.3) is 0 Å². The average molecular weight is 357 g/mol. The van der Waals surface area contributed by atoms with Crippen LogP contribution in [-0.4, -0.2) is 35.2 Å². The van der Waals surface area contributed by atoms with E-state index < -0.39 is 0 Å². The Hall–Kier alpha value is -2.37. The first-order chi connectivity index (χ1) is 12.5. The highest BCUT2D eigenvalue weighted by atomic mass is 16.2. The van der Waals surface area contributed by atoms with Crippen LogP contribution >= 0.6 is 0 Å². The third-order valence-electron chi connectivity index (χ3n) is 5.25. The Balaban J connectivity index is 1.60. The van der Waals surface area contributed by atoms with Crippen LogP contribution in [0, 0.1) is 5.92 Å². The zero-order valence-electron chi connectivity index (χ0n) is 15.3. The second-order valence-corrected chi connectivity index (χ2v) is 7.34. The number of nitrogens with zero attached hydrogens (tertiary/aromatic N) is 1. The molecule has 1 heterocycles. The molecule has 1 aliphatic heterocycles. The molecule has 3 rings (SSSR count). The number of nitrogens with one attached hydrogen (secondary N) is 2. The van der Waals surface area contributed by atoms with Crippen LogP contribution < -0.4 is 10.6 Å². The van der Waals surface area contributed by atoms with E-state index >= 15 is 0 Å². The number of likely N-dealkylation sites (tertiary alicyclic amines) is 1. The summed E-state index contributed by atoms with van der Waals surface area (Å²) in [5.74, 6) is -0.498. The zero-order chi connectivity index (χ0) is 18.5. The number of hydrogen-bond donors (Lipinski definition) is 2. The van der Waals surface area contributed by atoms with Crippen molar-refractivity contribution in [3.05, 3.63) is 24.3 Å². The monoisotopic (exact) mass is 357 g/mol. The molecule has 1 saturated heterocycles. The summed E-state index contributed by atoms with van der Waals surface area (Å²) in [5, 5.41) is 5.58. The topological polar surface area (TPSA) is 78.5 Å². The number of hydrogen-bond acceptors (Lipinski definition) is 3. The number of rotatable bonds is 4. The van der Waals surface area contributed by atoms with Crippen LogP contribution in [-0.2, 0) is 14.4 Å². The summed E-state index contributed by atoms with van der Waals surface area (Å²) in [6.45, 7) is 1.96. The van der Waals surface area contributed by atoms with Gasteiger partial charge in [-0.2, -0.15) is 0 Å². The molecule has 2 aliphatic rings. The Kier molecular flexibility index (Phi) is 5.91. The normalized spacial score (nSPS) is 21.3. The van der Waals surface area contributed by atoms with E-state index in [0.29, 0.717) is 24.0 Å². The molecule has 26 heavy (non-hydrogen) atoms. The highest BCUT2D eigenvalue weighted by molar-refractivity contribution is 5.98. The van der Waals surface area contributed by atoms with E-state index in [9.17, 15) is 14.4 Å². The van der Waals surface area contributed by atoms with E-state index in [1.165, 1.54) is 32.6 Å². The van der Waals surface area contributed by atoms with Crippen molar-refractivity contribution in [1.82, 2.24) is 4.90 Å². The lowest BCUT2D eigenvalue weighted by Gasteiger charge is -2.27. The molecule has 1 unspecified atom stereocenters. The smallest absolute Gasteiger partial charge is 0.229 e. The fraction of sp³-hybridized carbons (Fsp3) is 0.550. The van der Waals surface area contributed by atoms with Gasteiger partial charge in [0.15, 0.2) is 0 Å². The molecule has 0 bridgehead atoms. The minimum atomic E-state index is -0.310. The molecule has 0 aromatic heterocycles. The maximum absolute atomic E-state index is 12.6. The largest absolute Gasteiger partial charge is 0.339 e. The van der Waals surface area contributed by atoms with Crippen LogP contribution in [0.1, 0.15) is 51.9 Å². The molecule has 6 heteroatoms. The molecule has 1 aliphatic carbocycles. The van der Waals surface area contributed by atoms with Gasteiger partial charge in [-0.25, -0.2) is 0 Å². The minimum absolute atomic E-state index is 0.101. The van der Waals surface area contributed by atoms with E-state index in [1.54, 1.807) is 24.3 Å². The van der Waals surface area contributed by atoms with Gasteiger partial charge < -0.3 is 15.5 Å². The molecule has 0 spiro atoms. The van der Waals surface area contributed by atoms with Crippen LogP contribution in [0.3, 0.4) is 0 Å². The van der Waals surface area contributed by atoms with Gasteiger partial charge in [0, 0.05) is 37.3 Å². The van der Waals surface area contributed by atoms with Gasteiger partial charge in [-0.3, -0.25) is 14.4 Å². The van der Waals surface area contributed by atoms with Gasteiger partial charge in [-0.15, -0.1) is 0 Å². The molecule has 2 N–H and O–H groups in total. The van der Waals surface area contributed by atoms with Crippen molar-refractivity contribution in [3.8, 4) is 0 Å². The van der Waals surface area contributed by atoms with Crippen molar-refractivity contribution in [1.29, 1.82) is 0 Å². The Labute approximate surface area is 154 Å². The van der Waals surface area contributed by atoms with Crippen molar-refractivity contribution >= 4 is 29.1 Å². The maximum atomic E-state index is 12.6. The number of carbonyl (C=O) groups is 3. The van der Waals surface area contributed by atoms with Crippen molar-refractivity contribution in [2.45, 2.75) is 57.9 Å². The van der Waals surface area contributed by atoms with Crippen molar-refractivity contribution in [3.63, 3.8) is 0 Å². The molecule has 6 nitrogen and oxygen atoms in total. The predicted octanol–water partition coefficient (Wildman–Crippen LogP) is 3.15. The summed E-state index contributed by atoms with van der Waals surface area (Å²) in [4.78, 5) is 38.1. The average Bonchev–Trinajstić information content (AvgIpc) is 2.80. The second kappa shape index (κ2) is 8.34. The highest BCUT2D eigenvalue weighted by Gasteiger charge is 2.37. The minimum Gasteiger partial charge on any atom is -0.339 e. The first kappa shape index (κ1) is 18.4. The Morgan fingerprint density at radius 1 is 1.04 bits per heavy atom. The van der Waals surface area contributed by atoms with Gasteiger partial charge in [0.1, 0.15) is 0 Å². The third kappa shape index (κ3) is 4.62. The van der Waals surface area contributed by atoms with Crippen molar-refractivity contribution < 1.29 is 14.4 Å².